The largest absolute Gasteiger partial charge is 0.383 e. The molecule has 17 heavy (non-hydrogen) atoms. The van der Waals surface area contributed by atoms with Crippen molar-refractivity contribution < 1.29 is 27.2 Å². The molecular weight excluding hydrogens is 244 g/mol. The molecule has 0 aliphatic heterocycles. The van der Waals surface area contributed by atoms with Crippen molar-refractivity contribution in [1.29, 1.82) is 0 Å². The van der Waals surface area contributed by atoms with Crippen LogP contribution in [0.3, 0.4) is 0 Å². The van der Waals surface area contributed by atoms with Crippen LogP contribution >= 0.6 is 0 Å². The van der Waals surface area contributed by atoms with Gasteiger partial charge in [0.1, 0.15) is 0 Å². The first-order chi connectivity index (χ1) is 7.84. The maximum absolute atomic E-state index is 12.4. The predicted molar refractivity (Wildman–Crippen MR) is 49.7 cm³/mol. The minimum absolute atomic E-state index is 0.126. The maximum atomic E-state index is 12.4. The molecule has 0 bridgehead atoms. The predicted octanol–water partition coefficient (Wildman–Crippen LogP) is 0.672. The van der Waals surface area contributed by atoms with Gasteiger partial charge in [-0.1, -0.05) is 0 Å². The lowest BCUT2D eigenvalue weighted by molar-refractivity contribution is -0.169. The zero-order valence-corrected chi connectivity index (χ0v) is 8.81. The molecule has 1 saturated carbocycles. The van der Waals surface area contributed by atoms with Gasteiger partial charge in [0.05, 0.1) is 0 Å². The molecule has 98 valence electrons. The monoisotopic (exact) mass is 256 g/mol. The number of rotatable bonds is 6. The van der Waals surface area contributed by atoms with E-state index in [9.17, 15) is 27.2 Å². The summed E-state index contributed by atoms with van der Waals surface area (Å²) in [5, 5.41) is 4.16. The highest BCUT2D eigenvalue weighted by Gasteiger charge is 2.48. The van der Waals surface area contributed by atoms with E-state index in [0.717, 1.165) is 12.8 Å². The Hall–Kier alpha value is -1.34. The van der Waals surface area contributed by atoms with Crippen LogP contribution in [-0.2, 0) is 9.59 Å². The van der Waals surface area contributed by atoms with E-state index < -0.39 is 24.2 Å². The molecule has 0 saturated heterocycles. The number of carbonyl (C=O) groups is 2. The van der Waals surface area contributed by atoms with Crippen LogP contribution in [0.15, 0.2) is 0 Å². The molecule has 1 aliphatic rings. The molecule has 0 aromatic rings. The summed E-state index contributed by atoms with van der Waals surface area (Å²) < 4.78 is 48.3. The van der Waals surface area contributed by atoms with Crippen molar-refractivity contribution in [3.63, 3.8) is 0 Å². The number of alkyl halides is 4. The van der Waals surface area contributed by atoms with E-state index >= 15 is 0 Å². The van der Waals surface area contributed by atoms with Crippen molar-refractivity contribution >= 4 is 11.8 Å². The van der Waals surface area contributed by atoms with Gasteiger partial charge in [0.2, 0.25) is 5.91 Å². The molecule has 0 aromatic carbocycles. The van der Waals surface area contributed by atoms with Crippen molar-refractivity contribution in [3.8, 4) is 0 Å². The van der Waals surface area contributed by atoms with Gasteiger partial charge in [0.25, 0.3) is 5.91 Å². The standard InChI is InChI=1S/C9H12F4N2O2/c10-7(11)9(12,13)8(17)14-4-3-6(16)15-5-1-2-5/h5,7H,1-4H2,(H,14,17)(H,15,16). The summed E-state index contributed by atoms with van der Waals surface area (Å²) in [6, 6.07) is 0.126. The van der Waals surface area contributed by atoms with Crippen LogP contribution in [0.4, 0.5) is 17.6 Å². The van der Waals surface area contributed by atoms with Crippen molar-refractivity contribution in [2.24, 2.45) is 0 Å². The van der Waals surface area contributed by atoms with E-state index in [2.05, 4.69) is 5.32 Å². The average Bonchev–Trinajstić information content (AvgIpc) is 3.01. The fourth-order valence-electron chi connectivity index (χ4n) is 1.03. The Labute approximate surface area is 94.7 Å². The normalized spacial score (nSPS) is 15.8. The lowest BCUT2D eigenvalue weighted by Crippen LogP contribution is -2.46. The first kappa shape index (κ1) is 13.7. The van der Waals surface area contributed by atoms with Gasteiger partial charge in [-0.25, -0.2) is 8.78 Å². The lowest BCUT2D eigenvalue weighted by Gasteiger charge is -2.14. The van der Waals surface area contributed by atoms with Gasteiger partial charge in [0, 0.05) is 19.0 Å². The Bertz CT molecular complexity index is 305. The highest BCUT2D eigenvalue weighted by Crippen LogP contribution is 2.22. The Kier molecular flexibility index (Phi) is 4.30. The molecule has 4 nitrogen and oxygen atoms in total. The minimum atomic E-state index is -4.72. The third-order valence-electron chi connectivity index (χ3n) is 2.16. The summed E-state index contributed by atoms with van der Waals surface area (Å²) in [7, 11) is 0. The van der Waals surface area contributed by atoms with Crippen molar-refractivity contribution in [1.82, 2.24) is 10.6 Å². The molecule has 2 amide bonds. The molecule has 1 aliphatic carbocycles. The molecule has 0 unspecified atom stereocenters. The van der Waals surface area contributed by atoms with Gasteiger partial charge in [0.15, 0.2) is 0 Å². The summed E-state index contributed by atoms with van der Waals surface area (Å²) in [6.07, 6.45) is -2.51. The quantitative estimate of drug-likeness (QED) is 0.686. The van der Waals surface area contributed by atoms with Crippen LogP contribution in [0.25, 0.3) is 0 Å². The number of halogens is 4. The van der Waals surface area contributed by atoms with Crippen LogP contribution in [0, 0.1) is 0 Å². The zero-order chi connectivity index (χ0) is 13.1. The second-order valence-electron chi connectivity index (χ2n) is 3.77. The van der Waals surface area contributed by atoms with Crippen molar-refractivity contribution in [2.45, 2.75) is 37.7 Å². The number of carbonyl (C=O) groups excluding carboxylic acids is 2. The summed E-state index contributed by atoms with van der Waals surface area (Å²) in [6.45, 7) is -0.389. The molecule has 2 N–H and O–H groups in total. The Morgan fingerprint density at radius 1 is 1.29 bits per heavy atom. The van der Waals surface area contributed by atoms with Gasteiger partial charge in [-0.2, -0.15) is 8.78 Å². The second kappa shape index (κ2) is 5.33. The molecule has 0 heterocycles. The van der Waals surface area contributed by atoms with Crippen LogP contribution in [0.1, 0.15) is 19.3 Å². The van der Waals surface area contributed by atoms with Gasteiger partial charge in [-0.05, 0) is 12.8 Å². The van der Waals surface area contributed by atoms with E-state index in [0.29, 0.717) is 0 Å². The topological polar surface area (TPSA) is 58.2 Å². The molecular formula is C9H12F4N2O2. The van der Waals surface area contributed by atoms with Crippen LogP contribution < -0.4 is 10.6 Å². The number of hydrogen-bond acceptors (Lipinski definition) is 2. The fourth-order valence-corrected chi connectivity index (χ4v) is 1.03. The first-order valence-corrected chi connectivity index (χ1v) is 5.07. The molecule has 0 radical (unpaired) electrons. The van der Waals surface area contributed by atoms with Gasteiger partial charge in [-0.15, -0.1) is 0 Å². The molecule has 1 fully saturated rings. The van der Waals surface area contributed by atoms with E-state index in [4.69, 9.17) is 0 Å². The van der Waals surface area contributed by atoms with Gasteiger partial charge >= 0.3 is 12.3 Å². The highest BCUT2D eigenvalue weighted by atomic mass is 19.3. The summed E-state index contributed by atoms with van der Waals surface area (Å²) >= 11 is 0. The average molecular weight is 256 g/mol. The molecule has 0 atom stereocenters. The third kappa shape index (κ3) is 4.20. The van der Waals surface area contributed by atoms with Crippen molar-refractivity contribution in [2.75, 3.05) is 6.54 Å². The Morgan fingerprint density at radius 3 is 2.35 bits per heavy atom. The van der Waals surface area contributed by atoms with E-state index in [1.165, 1.54) is 0 Å². The van der Waals surface area contributed by atoms with Gasteiger partial charge < -0.3 is 10.6 Å². The number of amides is 2. The molecule has 0 spiro atoms. The van der Waals surface area contributed by atoms with E-state index in [1.54, 1.807) is 5.32 Å². The maximum Gasteiger partial charge on any atom is 0.383 e. The van der Waals surface area contributed by atoms with Crippen LogP contribution in [-0.4, -0.2) is 36.7 Å². The van der Waals surface area contributed by atoms with E-state index in [-0.39, 0.29) is 19.0 Å². The zero-order valence-electron chi connectivity index (χ0n) is 8.81. The highest BCUT2D eigenvalue weighted by molar-refractivity contribution is 5.84. The molecule has 0 aromatic heterocycles. The first-order valence-electron chi connectivity index (χ1n) is 5.07. The Morgan fingerprint density at radius 2 is 1.88 bits per heavy atom. The summed E-state index contributed by atoms with van der Waals surface area (Å²) in [5.41, 5.74) is 0. The molecule has 1 rings (SSSR count). The fraction of sp³-hybridized carbons (Fsp3) is 0.778. The lowest BCUT2D eigenvalue weighted by atomic mass is 10.3. The third-order valence-corrected chi connectivity index (χ3v) is 2.16. The van der Waals surface area contributed by atoms with Crippen LogP contribution in [0.2, 0.25) is 0 Å². The Balaban J connectivity index is 2.21. The number of hydrogen-bond donors (Lipinski definition) is 2. The molecule has 8 heteroatoms. The number of nitrogens with one attached hydrogen (secondary N) is 2. The summed E-state index contributed by atoms with van der Waals surface area (Å²) in [4.78, 5) is 21.7. The summed E-state index contributed by atoms with van der Waals surface area (Å²) in [5.74, 6) is -7.17. The smallest absolute Gasteiger partial charge is 0.353 e. The van der Waals surface area contributed by atoms with Gasteiger partial charge in [-0.3, -0.25) is 9.59 Å². The minimum Gasteiger partial charge on any atom is -0.353 e. The van der Waals surface area contributed by atoms with E-state index in [1.807, 2.05) is 0 Å². The van der Waals surface area contributed by atoms with Crippen LogP contribution in [0.5, 0.6) is 0 Å². The van der Waals surface area contributed by atoms with Crippen molar-refractivity contribution in [3.05, 3.63) is 0 Å². The SMILES string of the molecule is O=C(CCNC(=O)C(F)(F)C(F)F)NC1CC1. The second-order valence-corrected chi connectivity index (χ2v) is 3.77.